The van der Waals surface area contributed by atoms with Crippen molar-refractivity contribution in [3.63, 3.8) is 0 Å². The number of allylic oxidation sites excluding steroid dienone is 1. The molecule has 8 heteroatoms. The van der Waals surface area contributed by atoms with Gasteiger partial charge >= 0.3 is 0 Å². The van der Waals surface area contributed by atoms with Crippen LogP contribution in [0.4, 0.5) is 17.1 Å². The third kappa shape index (κ3) is 4.48. The predicted octanol–water partition coefficient (Wildman–Crippen LogP) is 5.52. The van der Waals surface area contributed by atoms with Gasteiger partial charge in [0, 0.05) is 30.7 Å². The largest absolute Gasteiger partial charge is 0.270 e. The van der Waals surface area contributed by atoms with Gasteiger partial charge in [0.1, 0.15) is 0 Å². The second-order valence-corrected chi connectivity index (χ2v) is 7.03. The molecule has 0 radical (unpaired) electrons. The van der Waals surface area contributed by atoms with Crippen molar-refractivity contribution in [2.24, 2.45) is 5.10 Å². The molecular weight excluding hydrogens is 396 g/mol. The minimum atomic E-state index is -0.431. The molecule has 1 unspecified atom stereocenters. The lowest BCUT2D eigenvalue weighted by Crippen LogP contribution is -2.18. The second-order valence-electron chi connectivity index (χ2n) is 7.03. The van der Waals surface area contributed by atoms with E-state index in [-0.39, 0.29) is 17.4 Å². The van der Waals surface area contributed by atoms with Crippen molar-refractivity contribution >= 4 is 28.8 Å². The second kappa shape index (κ2) is 8.58. The molecule has 1 heterocycles. The topological polar surface area (TPSA) is 102 Å². The van der Waals surface area contributed by atoms with E-state index in [0.717, 1.165) is 17.0 Å². The highest BCUT2D eigenvalue weighted by Gasteiger charge is 2.29. The Morgan fingerprint density at radius 3 is 2.23 bits per heavy atom. The number of anilines is 1. The van der Waals surface area contributed by atoms with Crippen LogP contribution in [0.2, 0.25) is 0 Å². The molecule has 3 aromatic rings. The molecule has 154 valence electrons. The summed E-state index contributed by atoms with van der Waals surface area (Å²) in [6.45, 7) is 0. The fraction of sp³-hybridized carbons (Fsp3) is 0.0870. The Morgan fingerprint density at radius 2 is 1.52 bits per heavy atom. The lowest BCUT2D eigenvalue weighted by Gasteiger charge is -2.23. The van der Waals surface area contributed by atoms with Crippen LogP contribution in [0.3, 0.4) is 0 Å². The minimum absolute atomic E-state index is 0.0240. The molecule has 0 aliphatic carbocycles. The van der Waals surface area contributed by atoms with E-state index in [1.54, 1.807) is 30.3 Å². The minimum Gasteiger partial charge on any atom is -0.258 e. The maximum atomic E-state index is 11.2. The average molecular weight is 414 g/mol. The fourth-order valence-corrected chi connectivity index (χ4v) is 3.49. The van der Waals surface area contributed by atoms with Crippen LogP contribution in [-0.2, 0) is 0 Å². The smallest absolute Gasteiger partial charge is 0.258 e. The van der Waals surface area contributed by atoms with Crippen LogP contribution in [0.1, 0.15) is 23.6 Å². The number of non-ortho nitro benzene ring substituents is 2. The number of para-hydroxylation sites is 1. The van der Waals surface area contributed by atoms with Crippen LogP contribution in [0, 0.1) is 20.2 Å². The van der Waals surface area contributed by atoms with Crippen LogP contribution >= 0.6 is 0 Å². The van der Waals surface area contributed by atoms with E-state index in [9.17, 15) is 20.2 Å². The molecule has 0 spiro atoms. The summed E-state index contributed by atoms with van der Waals surface area (Å²) in [7, 11) is 0. The van der Waals surface area contributed by atoms with Gasteiger partial charge in [0.15, 0.2) is 0 Å². The summed E-state index contributed by atoms with van der Waals surface area (Å²) in [6, 6.07) is 22.3. The van der Waals surface area contributed by atoms with E-state index in [4.69, 9.17) is 5.10 Å². The first kappa shape index (κ1) is 20.0. The molecule has 0 saturated heterocycles. The molecule has 0 N–H and O–H groups in total. The van der Waals surface area contributed by atoms with Crippen LogP contribution in [-0.4, -0.2) is 15.6 Å². The van der Waals surface area contributed by atoms with Crippen LogP contribution < -0.4 is 5.01 Å². The highest BCUT2D eigenvalue weighted by molar-refractivity contribution is 6.01. The van der Waals surface area contributed by atoms with Crippen LogP contribution in [0.25, 0.3) is 6.08 Å². The number of benzene rings is 3. The van der Waals surface area contributed by atoms with Gasteiger partial charge in [0.05, 0.1) is 27.3 Å². The molecule has 1 aliphatic heterocycles. The summed E-state index contributed by atoms with van der Waals surface area (Å²) in [6.07, 6.45) is 4.15. The van der Waals surface area contributed by atoms with Gasteiger partial charge in [0.25, 0.3) is 11.4 Å². The lowest BCUT2D eigenvalue weighted by atomic mass is 10.0. The molecule has 1 aliphatic rings. The highest BCUT2D eigenvalue weighted by Crippen LogP contribution is 2.36. The quantitative estimate of drug-likeness (QED) is 0.390. The maximum absolute atomic E-state index is 11.2. The fourth-order valence-electron chi connectivity index (χ4n) is 3.49. The van der Waals surface area contributed by atoms with Crippen molar-refractivity contribution < 1.29 is 9.85 Å². The zero-order chi connectivity index (χ0) is 21.8. The molecular formula is C23H18N4O4. The highest BCUT2D eigenvalue weighted by atomic mass is 16.6. The third-order valence-corrected chi connectivity index (χ3v) is 4.97. The standard InChI is InChI=1S/C23H18N4O4/c28-26(29)21-10-4-6-17(14-21)12-13-19-16-23(18-7-5-11-22(15-18)27(30)31)25(24-19)20-8-2-1-3-9-20/h1-15,23H,16H2. The Kier molecular flexibility index (Phi) is 5.53. The SMILES string of the molecule is O=[N+]([O-])c1cccc(C=CC2=NN(c3ccccc3)C(c3cccc([N+](=O)[O-])c3)C2)c1. The monoisotopic (exact) mass is 414 g/mol. The predicted molar refractivity (Wildman–Crippen MR) is 119 cm³/mol. The number of hydrazone groups is 1. The van der Waals surface area contributed by atoms with E-state index in [1.165, 1.54) is 18.2 Å². The number of nitro groups is 2. The summed E-state index contributed by atoms with van der Waals surface area (Å²) >= 11 is 0. The van der Waals surface area contributed by atoms with Gasteiger partial charge in [0.2, 0.25) is 0 Å². The molecule has 0 fully saturated rings. The normalized spacial score (nSPS) is 15.8. The number of rotatable bonds is 6. The Hall–Kier alpha value is -4.33. The summed E-state index contributed by atoms with van der Waals surface area (Å²) < 4.78 is 0. The van der Waals surface area contributed by atoms with Crippen molar-refractivity contribution in [1.29, 1.82) is 0 Å². The third-order valence-electron chi connectivity index (χ3n) is 4.97. The van der Waals surface area contributed by atoms with E-state index in [1.807, 2.05) is 47.5 Å². The Bertz CT molecular complexity index is 1190. The van der Waals surface area contributed by atoms with E-state index >= 15 is 0 Å². The summed E-state index contributed by atoms with van der Waals surface area (Å²) in [5.41, 5.74) is 3.19. The molecule has 0 bridgehead atoms. The zero-order valence-electron chi connectivity index (χ0n) is 16.4. The first-order chi connectivity index (χ1) is 15.0. The lowest BCUT2D eigenvalue weighted by molar-refractivity contribution is -0.385. The molecule has 1 atom stereocenters. The molecule has 8 nitrogen and oxygen atoms in total. The van der Waals surface area contributed by atoms with E-state index in [0.29, 0.717) is 12.0 Å². The number of nitrogens with zero attached hydrogens (tertiary/aromatic N) is 4. The molecule has 0 amide bonds. The Labute approximate surface area is 178 Å². The van der Waals surface area contributed by atoms with Crippen molar-refractivity contribution in [1.82, 2.24) is 0 Å². The molecule has 3 aromatic carbocycles. The summed E-state index contributed by atoms with van der Waals surface area (Å²) in [5, 5.41) is 28.8. The first-order valence-corrected chi connectivity index (χ1v) is 9.60. The zero-order valence-corrected chi connectivity index (χ0v) is 16.4. The number of hydrogen-bond donors (Lipinski definition) is 0. The summed E-state index contributed by atoms with van der Waals surface area (Å²) in [5.74, 6) is 0. The van der Waals surface area contributed by atoms with Crippen molar-refractivity contribution in [3.8, 4) is 0 Å². The van der Waals surface area contributed by atoms with Gasteiger partial charge < -0.3 is 0 Å². The molecule has 0 aromatic heterocycles. The molecule has 31 heavy (non-hydrogen) atoms. The van der Waals surface area contributed by atoms with Gasteiger partial charge in [-0.25, -0.2) is 0 Å². The Morgan fingerprint density at radius 1 is 0.839 bits per heavy atom. The molecule has 4 rings (SSSR count). The average Bonchev–Trinajstić information content (AvgIpc) is 3.23. The Balaban J connectivity index is 1.65. The van der Waals surface area contributed by atoms with Crippen molar-refractivity contribution in [2.75, 3.05) is 5.01 Å². The number of nitro benzene ring substituents is 2. The van der Waals surface area contributed by atoms with Gasteiger partial charge in [-0.1, -0.05) is 48.5 Å². The maximum Gasteiger partial charge on any atom is 0.270 e. The van der Waals surface area contributed by atoms with E-state index in [2.05, 4.69) is 0 Å². The van der Waals surface area contributed by atoms with Gasteiger partial charge in [-0.05, 0) is 29.3 Å². The van der Waals surface area contributed by atoms with Gasteiger partial charge in [-0.2, -0.15) is 5.10 Å². The first-order valence-electron chi connectivity index (χ1n) is 9.60. The van der Waals surface area contributed by atoms with Crippen molar-refractivity contribution in [3.05, 3.63) is 116 Å². The van der Waals surface area contributed by atoms with Crippen LogP contribution in [0.5, 0.6) is 0 Å². The summed E-state index contributed by atoms with van der Waals surface area (Å²) in [4.78, 5) is 21.4. The van der Waals surface area contributed by atoms with Crippen LogP contribution in [0.15, 0.2) is 90.0 Å². The van der Waals surface area contributed by atoms with Crippen molar-refractivity contribution in [2.45, 2.75) is 12.5 Å². The number of hydrogen-bond acceptors (Lipinski definition) is 6. The van der Waals surface area contributed by atoms with Gasteiger partial charge in [-0.15, -0.1) is 0 Å². The molecule has 0 saturated carbocycles. The van der Waals surface area contributed by atoms with E-state index < -0.39 is 9.85 Å². The van der Waals surface area contributed by atoms with Gasteiger partial charge in [-0.3, -0.25) is 25.2 Å².